The highest BCUT2D eigenvalue weighted by Gasteiger charge is 2.18. The second-order valence-electron chi connectivity index (χ2n) is 5.06. The summed E-state index contributed by atoms with van der Waals surface area (Å²) >= 11 is 0. The number of halogens is 1. The number of aliphatic hydroxyl groups excluding tert-OH is 1. The van der Waals surface area contributed by atoms with Gasteiger partial charge in [0.1, 0.15) is 12.4 Å². The number of amides is 1. The summed E-state index contributed by atoms with van der Waals surface area (Å²) in [7, 11) is 0. The lowest BCUT2D eigenvalue weighted by atomic mass is 10.0. The molecule has 2 rings (SSSR count). The molecule has 0 radical (unpaired) electrons. The lowest BCUT2D eigenvalue weighted by Gasteiger charge is -2.10. The average Bonchev–Trinajstić information content (AvgIpc) is 2.90. The van der Waals surface area contributed by atoms with Crippen molar-refractivity contribution < 1.29 is 14.3 Å². The Hall–Kier alpha value is -1.86. The molecule has 2 N–H and O–H groups in total. The average molecular weight is 275 g/mol. The number of hydrogen-bond acceptors (Lipinski definition) is 2. The summed E-state index contributed by atoms with van der Waals surface area (Å²) in [5, 5.41) is 11.3. The van der Waals surface area contributed by atoms with Gasteiger partial charge in [-0.1, -0.05) is 24.7 Å². The highest BCUT2D eigenvalue weighted by molar-refractivity contribution is 5.90. The normalized spacial score (nSPS) is 14.7. The lowest BCUT2D eigenvalue weighted by Crippen LogP contribution is -2.15. The third-order valence-corrected chi connectivity index (χ3v) is 3.50. The van der Waals surface area contributed by atoms with Crippen LogP contribution in [0.2, 0.25) is 0 Å². The summed E-state index contributed by atoms with van der Waals surface area (Å²) in [5.41, 5.74) is 0.660. The van der Waals surface area contributed by atoms with E-state index < -0.39 is 5.82 Å². The number of benzene rings is 1. The Bertz CT molecular complexity index is 539. The first-order chi connectivity index (χ1) is 9.69. The molecule has 0 atom stereocenters. The van der Waals surface area contributed by atoms with E-state index in [0.29, 0.717) is 18.0 Å². The van der Waals surface area contributed by atoms with Crippen molar-refractivity contribution in [3.63, 3.8) is 0 Å². The van der Waals surface area contributed by atoms with Crippen LogP contribution < -0.4 is 5.32 Å². The van der Waals surface area contributed by atoms with E-state index in [1.165, 1.54) is 25.0 Å². The van der Waals surface area contributed by atoms with Gasteiger partial charge in [-0.3, -0.25) is 4.79 Å². The molecular weight excluding hydrogens is 257 g/mol. The van der Waals surface area contributed by atoms with Gasteiger partial charge >= 0.3 is 0 Å². The van der Waals surface area contributed by atoms with E-state index in [0.717, 1.165) is 12.8 Å². The van der Waals surface area contributed by atoms with Crippen molar-refractivity contribution in [3.05, 3.63) is 29.6 Å². The van der Waals surface area contributed by atoms with Crippen molar-refractivity contribution in [2.75, 3.05) is 11.9 Å². The molecule has 20 heavy (non-hydrogen) atoms. The van der Waals surface area contributed by atoms with Crippen molar-refractivity contribution in [1.82, 2.24) is 0 Å². The molecule has 1 aromatic carbocycles. The zero-order valence-electron chi connectivity index (χ0n) is 11.3. The van der Waals surface area contributed by atoms with Crippen LogP contribution in [-0.4, -0.2) is 17.6 Å². The third-order valence-electron chi connectivity index (χ3n) is 3.50. The van der Waals surface area contributed by atoms with Crippen molar-refractivity contribution in [3.8, 4) is 11.8 Å². The monoisotopic (exact) mass is 275 g/mol. The van der Waals surface area contributed by atoms with Crippen LogP contribution in [0.3, 0.4) is 0 Å². The summed E-state index contributed by atoms with van der Waals surface area (Å²) < 4.78 is 13.7. The molecule has 4 heteroatoms. The van der Waals surface area contributed by atoms with Gasteiger partial charge in [0.15, 0.2) is 0 Å². The summed E-state index contributed by atoms with van der Waals surface area (Å²) in [5.74, 6) is 4.81. The minimum absolute atomic E-state index is 0.0644. The van der Waals surface area contributed by atoms with Crippen LogP contribution in [0.1, 0.15) is 37.7 Å². The predicted molar refractivity (Wildman–Crippen MR) is 75.6 cm³/mol. The van der Waals surface area contributed by atoms with Gasteiger partial charge in [-0.2, -0.15) is 0 Å². The van der Waals surface area contributed by atoms with E-state index in [1.807, 2.05) is 0 Å². The van der Waals surface area contributed by atoms with Crippen molar-refractivity contribution in [2.24, 2.45) is 5.92 Å². The topological polar surface area (TPSA) is 49.3 Å². The maximum Gasteiger partial charge on any atom is 0.224 e. The Morgan fingerprint density at radius 2 is 2.15 bits per heavy atom. The molecule has 0 saturated heterocycles. The maximum absolute atomic E-state index is 13.7. The predicted octanol–water partition coefficient (Wildman–Crippen LogP) is 2.69. The Labute approximate surface area is 118 Å². The lowest BCUT2D eigenvalue weighted by molar-refractivity contribution is -0.117. The maximum atomic E-state index is 13.7. The van der Waals surface area contributed by atoms with Gasteiger partial charge in [-0.05, 0) is 37.0 Å². The van der Waals surface area contributed by atoms with Crippen molar-refractivity contribution >= 4 is 11.6 Å². The smallest absolute Gasteiger partial charge is 0.224 e. The van der Waals surface area contributed by atoms with Crippen LogP contribution >= 0.6 is 0 Å². The minimum Gasteiger partial charge on any atom is -0.384 e. The van der Waals surface area contributed by atoms with E-state index in [-0.39, 0.29) is 18.1 Å². The quantitative estimate of drug-likeness (QED) is 0.833. The molecule has 0 bridgehead atoms. The molecule has 0 heterocycles. The standard InChI is InChI=1S/C16H18FNO2/c17-15-11-14(8-7-13(15)6-3-9-19)18-16(20)10-12-4-1-2-5-12/h7-8,11-12,19H,1-2,4-5,9-10H2,(H,18,20). The van der Waals surface area contributed by atoms with Gasteiger partial charge in [0, 0.05) is 12.1 Å². The van der Waals surface area contributed by atoms with Crippen LogP contribution in [0.25, 0.3) is 0 Å². The number of aliphatic hydroxyl groups is 1. The third kappa shape index (κ3) is 4.07. The summed E-state index contributed by atoms with van der Waals surface area (Å²) in [6.07, 6.45) is 5.12. The number of carbonyl (C=O) groups excluding carboxylic acids is 1. The number of rotatable bonds is 3. The van der Waals surface area contributed by atoms with E-state index in [2.05, 4.69) is 17.2 Å². The van der Waals surface area contributed by atoms with E-state index >= 15 is 0 Å². The molecule has 106 valence electrons. The van der Waals surface area contributed by atoms with E-state index in [9.17, 15) is 9.18 Å². The SMILES string of the molecule is O=C(CC1CCCC1)Nc1ccc(C#CCO)c(F)c1. The van der Waals surface area contributed by atoms with Crippen LogP contribution in [0.4, 0.5) is 10.1 Å². The summed E-state index contributed by atoms with van der Waals surface area (Å²) in [4.78, 5) is 11.8. The first-order valence-corrected chi connectivity index (χ1v) is 6.88. The van der Waals surface area contributed by atoms with Crippen LogP contribution in [-0.2, 0) is 4.79 Å². The van der Waals surface area contributed by atoms with Gasteiger partial charge in [0.2, 0.25) is 5.91 Å². The number of nitrogens with one attached hydrogen (secondary N) is 1. The molecular formula is C16H18FNO2. The molecule has 3 nitrogen and oxygen atoms in total. The fourth-order valence-corrected chi connectivity index (χ4v) is 2.52. The van der Waals surface area contributed by atoms with Gasteiger partial charge < -0.3 is 10.4 Å². The van der Waals surface area contributed by atoms with E-state index in [1.54, 1.807) is 6.07 Å². The largest absolute Gasteiger partial charge is 0.384 e. The first-order valence-electron chi connectivity index (χ1n) is 6.88. The fraction of sp³-hybridized carbons (Fsp3) is 0.438. The molecule has 1 fully saturated rings. The zero-order valence-corrected chi connectivity index (χ0v) is 11.3. The van der Waals surface area contributed by atoms with Crippen LogP contribution in [0.15, 0.2) is 18.2 Å². The number of hydrogen-bond donors (Lipinski definition) is 2. The summed E-state index contributed by atoms with van der Waals surface area (Å²) in [6, 6.07) is 4.38. The zero-order chi connectivity index (χ0) is 14.4. The Balaban J connectivity index is 1.95. The van der Waals surface area contributed by atoms with Gasteiger partial charge in [0.25, 0.3) is 0 Å². The molecule has 1 aliphatic rings. The van der Waals surface area contributed by atoms with Gasteiger partial charge in [0.05, 0.1) is 5.56 Å². The minimum atomic E-state index is -0.496. The molecule has 0 unspecified atom stereocenters. The second-order valence-corrected chi connectivity index (χ2v) is 5.06. The van der Waals surface area contributed by atoms with Crippen molar-refractivity contribution in [1.29, 1.82) is 0 Å². The molecule has 1 amide bonds. The Morgan fingerprint density at radius 3 is 2.80 bits per heavy atom. The van der Waals surface area contributed by atoms with Crippen LogP contribution in [0, 0.1) is 23.6 Å². The molecule has 0 aromatic heterocycles. The highest BCUT2D eigenvalue weighted by Crippen LogP contribution is 2.27. The second kappa shape index (κ2) is 7.06. The number of carbonyl (C=O) groups is 1. The number of anilines is 1. The van der Waals surface area contributed by atoms with Crippen LogP contribution in [0.5, 0.6) is 0 Å². The molecule has 1 saturated carbocycles. The molecule has 0 aliphatic heterocycles. The molecule has 1 aliphatic carbocycles. The van der Waals surface area contributed by atoms with E-state index in [4.69, 9.17) is 5.11 Å². The summed E-state index contributed by atoms with van der Waals surface area (Å²) in [6.45, 7) is -0.306. The molecule has 0 spiro atoms. The Kier molecular flexibility index (Phi) is 5.14. The van der Waals surface area contributed by atoms with Gasteiger partial charge in [-0.15, -0.1) is 0 Å². The van der Waals surface area contributed by atoms with Gasteiger partial charge in [-0.25, -0.2) is 4.39 Å². The molecule has 1 aromatic rings. The fourth-order valence-electron chi connectivity index (χ4n) is 2.52. The Morgan fingerprint density at radius 1 is 1.40 bits per heavy atom. The van der Waals surface area contributed by atoms with Crippen molar-refractivity contribution in [2.45, 2.75) is 32.1 Å². The highest BCUT2D eigenvalue weighted by atomic mass is 19.1. The first kappa shape index (κ1) is 14.5.